The smallest absolute Gasteiger partial charge is 0.119 e. The van der Waals surface area contributed by atoms with E-state index in [1.807, 2.05) is 36.4 Å². The molecule has 1 aromatic carbocycles. The van der Waals surface area contributed by atoms with Crippen LogP contribution < -0.4 is 4.74 Å². The lowest BCUT2D eigenvalue weighted by atomic mass is 10.3. The normalized spacial score (nSPS) is 9.71. The second-order valence-corrected chi connectivity index (χ2v) is 2.90. The number of hydrogen-bond donors (Lipinski definition) is 0. The van der Waals surface area contributed by atoms with Gasteiger partial charge in [0, 0.05) is 11.8 Å². The van der Waals surface area contributed by atoms with Gasteiger partial charge in [0.1, 0.15) is 12.4 Å². The SMILES string of the molecule is [c]1ccc(COc2ccccc2)cn1. The van der Waals surface area contributed by atoms with Gasteiger partial charge in [0.2, 0.25) is 0 Å². The number of ether oxygens (including phenoxy) is 1. The number of aromatic nitrogens is 1. The van der Waals surface area contributed by atoms with Crippen LogP contribution in [0.1, 0.15) is 5.56 Å². The summed E-state index contributed by atoms with van der Waals surface area (Å²) in [6, 6.07) is 13.5. The Morgan fingerprint density at radius 1 is 1.14 bits per heavy atom. The maximum atomic E-state index is 5.54. The fourth-order valence-corrected chi connectivity index (χ4v) is 1.12. The molecule has 2 nitrogen and oxygen atoms in total. The van der Waals surface area contributed by atoms with Crippen molar-refractivity contribution in [3.63, 3.8) is 0 Å². The predicted molar refractivity (Wildman–Crippen MR) is 53.8 cm³/mol. The third-order valence-corrected chi connectivity index (χ3v) is 1.83. The molecule has 0 atom stereocenters. The van der Waals surface area contributed by atoms with Crippen LogP contribution in [0.4, 0.5) is 0 Å². The summed E-state index contributed by atoms with van der Waals surface area (Å²) in [7, 11) is 0. The molecule has 1 aromatic heterocycles. The van der Waals surface area contributed by atoms with Crippen LogP contribution in [-0.4, -0.2) is 4.98 Å². The van der Waals surface area contributed by atoms with Crippen molar-refractivity contribution in [2.24, 2.45) is 0 Å². The topological polar surface area (TPSA) is 22.1 Å². The lowest BCUT2D eigenvalue weighted by Gasteiger charge is -2.04. The average Bonchev–Trinajstić information content (AvgIpc) is 2.29. The largest absolute Gasteiger partial charge is 0.489 e. The molecular formula is C12H10NO. The van der Waals surface area contributed by atoms with E-state index in [4.69, 9.17) is 4.74 Å². The van der Waals surface area contributed by atoms with Crippen molar-refractivity contribution >= 4 is 0 Å². The summed E-state index contributed by atoms with van der Waals surface area (Å²) in [5.41, 5.74) is 1.05. The Morgan fingerprint density at radius 2 is 2.00 bits per heavy atom. The first-order valence-electron chi connectivity index (χ1n) is 4.44. The molecule has 2 heteroatoms. The number of hydrogen-bond acceptors (Lipinski definition) is 2. The maximum absolute atomic E-state index is 5.54. The molecule has 2 aromatic rings. The van der Waals surface area contributed by atoms with E-state index in [1.54, 1.807) is 12.3 Å². The average molecular weight is 184 g/mol. The summed E-state index contributed by atoms with van der Waals surface area (Å²) < 4.78 is 5.54. The zero-order valence-electron chi connectivity index (χ0n) is 7.68. The first-order chi connectivity index (χ1) is 6.95. The molecule has 2 rings (SSSR count). The summed E-state index contributed by atoms with van der Waals surface area (Å²) in [6.45, 7) is 0.547. The van der Waals surface area contributed by atoms with Crippen molar-refractivity contribution in [3.8, 4) is 5.75 Å². The van der Waals surface area contributed by atoms with Gasteiger partial charge >= 0.3 is 0 Å². The molecule has 0 aliphatic heterocycles. The Bertz CT molecular complexity index is 333. The van der Waals surface area contributed by atoms with Gasteiger partial charge in [-0.05, 0) is 18.2 Å². The van der Waals surface area contributed by atoms with Gasteiger partial charge < -0.3 is 4.74 Å². The summed E-state index contributed by atoms with van der Waals surface area (Å²) in [4.78, 5) is 3.89. The lowest BCUT2D eigenvalue weighted by molar-refractivity contribution is 0.306. The van der Waals surface area contributed by atoms with Gasteiger partial charge in [-0.15, -0.1) is 0 Å². The van der Waals surface area contributed by atoms with E-state index >= 15 is 0 Å². The van der Waals surface area contributed by atoms with Crippen molar-refractivity contribution in [3.05, 3.63) is 60.4 Å². The molecule has 0 saturated heterocycles. The highest BCUT2D eigenvalue weighted by molar-refractivity contribution is 5.21. The lowest BCUT2D eigenvalue weighted by Crippen LogP contribution is -1.95. The van der Waals surface area contributed by atoms with Crippen LogP contribution >= 0.6 is 0 Å². The van der Waals surface area contributed by atoms with E-state index in [1.165, 1.54) is 0 Å². The van der Waals surface area contributed by atoms with E-state index in [0.29, 0.717) is 6.61 Å². The fraction of sp³-hybridized carbons (Fsp3) is 0.0833. The third kappa shape index (κ3) is 2.33. The van der Waals surface area contributed by atoms with Crippen LogP contribution in [0.3, 0.4) is 0 Å². The minimum atomic E-state index is 0.547. The summed E-state index contributed by atoms with van der Waals surface area (Å²) >= 11 is 0. The highest BCUT2D eigenvalue weighted by Gasteiger charge is 1.93. The summed E-state index contributed by atoms with van der Waals surface area (Å²) in [5.74, 6) is 0.875. The molecule has 0 spiro atoms. The zero-order valence-corrected chi connectivity index (χ0v) is 7.68. The number of pyridine rings is 1. The number of nitrogens with zero attached hydrogens (tertiary/aromatic N) is 1. The van der Waals surface area contributed by atoms with E-state index < -0.39 is 0 Å². The molecule has 14 heavy (non-hydrogen) atoms. The molecular weight excluding hydrogens is 174 g/mol. The highest BCUT2D eigenvalue weighted by Crippen LogP contribution is 2.10. The Morgan fingerprint density at radius 3 is 2.71 bits per heavy atom. The Balaban J connectivity index is 1.96. The van der Waals surface area contributed by atoms with Crippen LogP contribution in [-0.2, 0) is 6.61 Å². The summed E-state index contributed by atoms with van der Waals surface area (Å²) in [6.07, 6.45) is 4.48. The van der Waals surface area contributed by atoms with Gasteiger partial charge in [-0.2, -0.15) is 0 Å². The minimum absolute atomic E-state index is 0.547. The molecule has 0 unspecified atom stereocenters. The van der Waals surface area contributed by atoms with Gasteiger partial charge in [0.25, 0.3) is 0 Å². The molecule has 1 heterocycles. The molecule has 0 fully saturated rings. The van der Waals surface area contributed by atoms with Crippen molar-refractivity contribution in [2.75, 3.05) is 0 Å². The molecule has 0 N–H and O–H groups in total. The van der Waals surface area contributed by atoms with Crippen LogP contribution in [0.5, 0.6) is 5.75 Å². The standard InChI is InChI=1S/C12H10NO/c1-2-6-12(7-3-1)14-10-11-5-4-8-13-9-11/h1-7,9H,10H2. The van der Waals surface area contributed by atoms with E-state index in [-0.39, 0.29) is 0 Å². The van der Waals surface area contributed by atoms with Crippen LogP contribution in [0.2, 0.25) is 0 Å². The van der Waals surface area contributed by atoms with Crippen LogP contribution in [0, 0.1) is 6.20 Å². The van der Waals surface area contributed by atoms with Gasteiger partial charge in [0.05, 0.1) is 6.20 Å². The number of benzene rings is 1. The van der Waals surface area contributed by atoms with Gasteiger partial charge in [-0.25, -0.2) is 0 Å². The molecule has 0 aliphatic rings. The molecule has 0 bridgehead atoms. The molecule has 0 amide bonds. The van der Waals surface area contributed by atoms with Crippen molar-refractivity contribution in [2.45, 2.75) is 6.61 Å². The maximum Gasteiger partial charge on any atom is 0.119 e. The highest BCUT2D eigenvalue weighted by atomic mass is 16.5. The monoisotopic (exact) mass is 184 g/mol. The first kappa shape index (κ1) is 8.75. The number of para-hydroxylation sites is 1. The van der Waals surface area contributed by atoms with E-state index in [9.17, 15) is 0 Å². The van der Waals surface area contributed by atoms with Gasteiger partial charge in [0.15, 0.2) is 0 Å². The first-order valence-corrected chi connectivity index (χ1v) is 4.44. The zero-order chi connectivity index (χ0) is 9.64. The van der Waals surface area contributed by atoms with E-state index in [2.05, 4.69) is 11.2 Å². The quantitative estimate of drug-likeness (QED) is 0.731. The second-order valence-electron chi connectivity index (χ2n) is 2.90. The second kappa shape index (κ2) is 4.42. The Kier molecular flexibility index (Phi) is 2.76. The Hall–Kier alpha value is -1.83. The van der Waals surface area contributed by atoms with Gasteiger partial charge in [-0.1, -0.05) is 24.3 Å². The third-order valence-electron chi connectivity index (χ3n) is 1.83. The van der Waals surface area contributed by atoms with E-state index in [0.717, 1.165) is 11.3 Å². The van der Waals surface area contributed by atoms with Crippen LogP contribution in [0.15, 0.2) is 48.7 Å². The van der Waals surface area contributed by atoms with Crippen molar-refractivity contribution < 1.29 is 4.74 Å². The van der Waals surface area contributed by atoms with Crippen molar-refractivity contribution in [1.82, 2.24) is 4.98 Å². The molecule has 0 saturated carbocycles. The molecule has 0 aliphatic carbocycles. The van der Waals surface area contributed by atoms with Gasteiger partial charge in [-0.3, -0.25) is 4.98 Å². The fourth-order valence-electron chi connectivity index (χ4n) is 1.12. The predicted octanol–water partition coefficient (Wildman–Crippen LogP) is 2.46. The minimum Gasteiger partial charge on any atom is -0.489 e. The van der Waals surface area contributed by atoms with Crippen LogP contribution in [0.25, 0.3) is 0 Å². The molecule has 69 valence electrons. The number of rotatable bonds is 3. The molecule has 1 radical (unpaired) electrons. The Labute approximate surface area is 83.2 Å². The summed E-state index contributed by atoms with van der Waals surface area (Å²) in [5, 5.41) is 0. The van der Waals surface area contributed by atoms with Crippen molar-refractivity contribution in [1.29, 1.82) is 0 Å².